The fourth-order valence-corrected chi connectivity index (χ4v) is 3.73. The maximum atomic E-state index is 12.9. The fourth-order valence-electron chi connectivity index (χ4n) is 3.73. The zero-order chi connectivity index (χ0) is 21.5. The van der Waals surface area contributed by atoms with Crippen LogP contribution in [0.4, 0.5) is 4.39 Å². The summed E-state index contributed by atoms with van der Waals surface area (Å²) in [4.78, 5) is 12.2. The van der Waals surface area contributed by atoms with Crippen molar-refractivity contribution in [2.75, 3.05) is 6.61 Å². The topological polar surface area (TPSA) is 47.6 Å². The molecule has 5 heteroatoms. The predicted molar refractivity (Wildman–Crippen MR) is 118 cm³/mol. The van der Waals surface area contributed by atoms with Crippen LogP contribution in [0, 0.1) is 5.82 Å². The number of benzene rings is 3. The van der Waals surface area contributed by atoms with E-state index >= 15 is 0 Å². The molecule has 0 fully saturated rings. The third kappa shape index (κ3) is 5.85. The van der Waals surface area contributed by atoms with E-state index in [1.165, 1.54) is 36.1 Å². The lowest BCUT2D eigenvalue weighted by Gasteiger charge is -2.19. The molecular formula is C26H26FNO3. The predicted octanol–water partition coefficient (Wildman–Crippen LogP) is 4.98. The molecule has 1 N–H and O–H groups in total. The molecule has 4 nitrogen and oxygen atoms in total. The molecule has 3 aromatic carbocycles. The van der Waals surface area contributed by atoms with Crippen LogP contribution in [0.2, 0.25) is 0 Å². The van der Waals surface area contributed by atoms with Gasteiger partial charge in [-0.25, -0.2) is 4.39 Å². The van der Waals surface area contributed by atoms with Crippen LogP contribution in [0.1, 0.15) is 35.1 Å². The number of halogens is 1. The lowest BCUT2D eigenvalue weighted by Crippen LogP contribution is -2.28. The SMILES string of the molecule is O=C(COc1cccc2c1CCCC2)NCc1ccc(OCc2ccc(F)cc2)cc1. The van der Waals surface area contributed by atoms with Gasteiger partial charge in [-0.2, -0.15) is 0 Å². The van der Waals surface area contributed by atoms with Gasteiger partial charge in [0.2, 0.25) is 0 Å². The van der Waals surface area contributed by atoms with Gasteiger partial charge in [0, 0.05) is 6.54 Å². The molecule has 160 valence electrons. The highest BCUT2D eigenvalue weighted by molar-refractivity contribution is 5.77. The highest BCUT2D eigenvalue weighted by atomic mass is 19.1. The Morgan fingerprint density at radius 2 is 1.61 bits per heavy atom. The van der Waals surface area contributed by atoms with E-state index in [1.807, 2.05) is 36.4 Å². The summed E-state index contributed by atoms with van der Waals surface area (Å²) in [5.41, 5.74) is 4.46. The van der Waals surface area contributed by atoms with E-state index in [9.17, 15) is 9.18 Å². The van der Waals surface area contributed by atoms with E-state index in [-0.39, 0.29) is 18.3 Å². The van der Waals surface area contributed by atoms with Crippen LogP contribution in [0.3, 0.4) is 0 Å². The second-order valence-electron chi connectivity index (χ2n) is 7.73. The Morgan fingerprint density at radius 3 is 2.42 bits per heavy atom. The van der Waals surface area contributed by atoms with Gasteiger partial charge < -0.3 is 14.8 Å². The van der Waals surface area contributed by atoms with Crippen LogP contribution in [-0.4, -0.2) is 12.5 Å². The van der Waals surface area contributed by atoms with Gasteiger partial charge in [0.1, 0.15) is 23.9 Å². The van der Waals surface area contributed by atoms with Crippen molar-refractivity contribution in [1.82, 2.24) is 5.32 Å². The zero-order valence-electron chi connectivity index (χ0n) is 17.4. The Morgan fingerprint density at radius 1 is 0.871 bits per heavy atom. The van der Waals surface area contributed by atoms with Crippen molar-refractivity contribution in [3.63, 3.8) is 0 Å². The number of ether oxygens (including phenoxy) is 2. The first-order valence-corrected chi connectivity index (χ1v) is 10.6. The smallest absolute Gasteiger partial charge is 0.258 e. The van der Waals surface area contributed by atoms with Crippen LogP contribution >= 0.6 is 0 Å². The molecule has 31 heavy (non-hydrogen) atoms. The van der Waals surface area contributed by atoms with E-state index in [0.29, 0.717) is 13.2 Å². The van der Waals surface area contributed by atoms with E-state index in [4.69, 9.17) is 9.47 Å². The number of carbonyl (C=O) groups excluding carboxylic acids is 1. The van der Waals surface area contributed by atoms with Crippen LogP contribution in [-0.2, 0) is 30.8 Å². The highest BCUT2D eigenvalue weighted by Crippen LogP contribution is 2.29. The van der Waals surface area contributed by atoms with Gasteiger partial charge in [-0.15, -0.1) is 0 Å². The molecule has 1 aliphatic carbocycles. The Kier molecular flexibility index (Phi) is 6.82. The zero-order valence-corrected chi connectivity index (χ0v) is 17.4. The fraction of sp³-hybridized carbons (Fsp3) is 0.269. The summed E-state index contributed by atoms with van der Waals surface area (Å²) in [5, 5.41) is 2.89. The summed E-state index contributed by atoms with van der Waals surface area (Å²) in [5.74, 6) is 1.14. The lowest BCUT2D eigenvalue weighted by atomic mass is 9.91. The maximum Gasteiger partial charge on any atom is 0.258 e. The minimum absolute atomic E-state index is 0.00924. The number of nitrogens with one attached hydrogen (secondary N) is 1. The van der Waals surface area contributed by atoms with Gasteiger partial charge >= 0.3 is 0 Å². The van der Waals surface area contributed by atoms with Gasteiger partial charge in [-0.1, -0.05) is 36.4 Å². The maximum absolute atomic E-state index is 12.9. The minimum atomic E-state index is -0.260. The van der Waals surface area contributed by atoms with Crippen LogP contribution < -0.4 is 14.8 Å². The molecule has 0 atom stereocenters. The van der Waals surface area contributed by atoms with Crippen LogP contribution in [0.25, 0.3) is 0 Å². The molecule has 0 saturated heterocycles. The number of hydrogen-bond acceptors (Lipinski definition) is 3. The van der Waals surface area contributed by atoms with Crippen molar-refractivity contribution >= 4 is 5.91 Å². The first-order valence-electron chi connectivity index (χ1n) is 10.6. The quantitative estimate of drug-likeness (QED) is 0.560. The Bertz CT molecular complexity index is 1020. The minimum Gasteiger partial charge on any atom is -0.489 e. The van der Waals surface area contributed by atoms with Crippen molar-refractivity contribution in [1.29, 1.82) is 0 Å². The Balaban J connectivity index is 1.22. The van der Waals surface area contributed by atoms with Crippen molar-refractivity contribution in [3.8, 4) is 11.5 Å². The van der Waals surface area contributed by atoms with Crippen LogP contribution in [0.5, 0.6) is 11.5 Å². The summed E-state index contributed by atoms with van der Waals surface area (Å²) in [7, 11) is 0. The summed E-state index contributed by atoms with van der Waals surface area (Å²) in [6.07, 6.45) is 4.49. The monoisotopic (exact) mass is 419 g/mol. The molecular weight excluding hydrogens is 393 g/mol. The number of aryl methyl sites for hydroxylation is 1. The molecule has 0 bridgehead atoms. The van der Waals surface area contributed by atoms with E-state index < -0.39 is 0 Å². The summed E-state index contributed by atoms with van der Waals surface area (Å²) in [6, 6.07) is 19.9. The van der Waals surface area contributed by atoms with Crippen LogP contribution in [0.15, 0.2) is 66.7 Å². The number of rotatable bonds is 8. The number of carbonyl (C=O) groups is 1. The normalized spacial score (nSPS) is 12.7. The number of fused-ring (bicyclic) bond motifs is 1. The third-order valence-electron chi connectivity index (χ3n) is 5.44. The first kappa shape index (κ1) is 20.9. The molecule has 0 radical (unpaired) electrons. The average molecular weight is 419 g/mol. The van der Waals surface area contributed by atoms with Gasteiger partial charge in [0.15, 0.2) is 6.61 Å². The van der Waals surface area contributed by atoms with Gasteiger partial charge in [-0.05, 0) is 78.3 Å². The number of hydrogen-bond donors (Lipinski definition) is 1. The van der Waals surface area contributed by atoms with Gasteiger partial charge in [0.05, 0.1) is 0 Å². The Labute approximate surface area is 182 Å². The lowest BCUT2D eigenvalue weighted by molar-refractivity contribution is -0.123. The first-order chi connectivity index (χ1) is 15.2. The average Bonchev–Trinajstić information content (AvgIpc) is 2.81. The van der Waals surface area contributed by atoms with Crippen molar-refractivity contribution in [2.24, 2.45) is 0 Å². The van der Waals surface area contributed by atoms with E-state index in [2.05, 4.69) is 11.4 Å². The molecule has 0 spiro atoms. The molecule has 0 heterocycles. The number of amides is 1. The molecule has 0 unspecified atom stereocenters. The van der Waals surface area contributed by atoms with E-state index in [0.717, 1.165) is 35.5 Å². The largest absolute Gasteiger partial charge is 0.489 e. The summed E-state index contributed by atoms with van der Waals surface area (Å²) < 4.78 is 24.5. The second-order valence-corrected chi connectivity index (χ2v) is 7.73. The molecule has 1 amide bonds. The van der Waals surface area contributed by atoms with Crippen molar-refractivity contribution in [2.45, 2.75) is 38.8 Å². The van der Waals surface area contributed by atoms with E-state index in [1.54, 1.807) is 12.1 Å². The van der Waals surface area contributed by atoms with Gasteiger partial charge in [-0.3, -0.25) is 4.79 Å². The highest BCUT2D eigenvalue weighted by Gasteiger charge is 2.14. The molecule has 0 aliphatic heterocycles. The molecule has 0 saturated carbocycles. The van der Waals surface area contributed by atoms with Gasteiger partial charge in [0.25, 0.3) is 5.91 Å². The second kappa shape index (κ2) is 10.1. The molecule has 0 aromatic heterocycles. The standard InChI is InChI=1S/C26H26FNO3/c27-22-12-8-20(9-13-22)17-30-23-14-10-19(11-15-23)16-28-26(29)18-31-25-7-3-5-21-4-1-2-6-24(21)25/h3,5,7-15H,1-2,4,6,16-18H2,(H,28,29). The molecule has 3 aromatic rings. The van der Waals surface area contributed by atoms with Crippen molar-refractivity contribution < 1.29 is 18.7 Å². The Hall–Kier alpha value is -3.34. The van der Waals surface area contributed by atoms with Crippen molar-refractivity contribution in [3.05, 3.63) is 94.8 Å². The summed E-state index contributed by atoms with van der Waals surface area (Å²) in [6.45, 7) is 0.805. The molecule has 4 rings (SSSR count). The third-order valence-corrected chi connectivity index (χ3v) is 5.44. The summed E-state index contributed by atoms with van der Waals surface area (Å²) >= 11 is 0. The molecule has 1 aliphatic rings.